The van der Waals surface area contributed by atoms with Gasteiger partial charge in [-0.3, -0.25) is 0 Å². The van der Waals surface area contributed by atoms with E-state index in [1.807, 2.05) is 23.9 Å². The Bertz CT molecular complexity index is 539. The third-order valence-electron chi connectivity index (χ3n) is 3.12. The van der Waals surface area contributed by atoms with Gasteiger partial charge in [0, 0.05) is 22.9 Å². The van der Waals surface area contributed by atoms with Gasteiger partial charge in [-0.2, -0.15) is 4.98 Å². The standard InChI is InChI=1S/C16H23N3OS/c1-4-10-17-12(3)11-15-18-16(19-20-15)13-6-8-14(9-7-13)21-5-2/h6-9,12,17H,4-5,10-11H2,1-3H3. The highest BCUT2D eigenvalue weighted by Gasteiger charge is 2.11. The first kappa shape index (κ1) is 16.0. The second-order valence-corrected chi connectivity index (χ2v) is 6.37. The first-order valence-corrected chi connectivity index (χ1v) is 8.50. The number of hydrogen-bond acceptors (Lipinski definition) is 5. The zero-order chi connectivity index (χ0) is 15.1. The molecular formula is C16H23N3OS. The highest BCUT2D eigenvalue weighted by atomic mass is 32.2. The molecule has 0 bridgehead atoms. The summed E-state index contributed by atoms with van der Waals surface area (Å²) in [6.07, 6.45) is 1.89. The summed E-state index contributed by atoms with van der Waals surface area (Å²) in [6.45, 7) is 7.46. The van der Waals surface area contributed by atoms with E-state index in [1.54, 1.807) is 0 Å². The molecule has 4 nitrogen and oxygen atoms in total. The van der Waals surface area contributed by atoms with E-state index in [9.17, 15) is 0 Å². The molecule has 1 N–H and O–H groups in total. The number of nitrogens with zero attached hydrogens (tertiary/aromatic N) is 2. The van der Waals surface area contributed by atoms with Crippen LogP contribution >= 0.6 is 11.8 Å². The smallest absolute Gasteiger partial charge is 0.228 e. The third kappa shape index (κ3) is 4.86. The lowest BCUT2D eigenvalue weighted by Gasteiger charge is -2.09. The van der Waals surface area contributed by atoms with Crippen LogP contribution in [0.1, 0.15) is 33.1 Å². The van der Waals surface area contributed by atoms with E-state index >= 15 is 0 Å². The third-order valence-corrected chi connectivity index (χ3v) is 4.01. The van der Waals surface area contributed by atoms with E-state index in [4.69, 9.17) is 4.52 Å². The van der Waals surface area contributed by atoms with Crippen LogP contribution in [-0.4, -0.2) is 28.5 Å². The molecule has 2 aromatic rings. The normalized spacial score (nSPS) is 12.5. The monoisotopic (exact) mass is 305 g/mol. The zero-order valence-corrected chi connectivity index (χ0v) is 13.7. The molecule has 21 heavy (non-hydrogen) atoms. The van der Waals surface area contributed by atoms with Gasteiger partial charge < -0.3 is 9.84 Å². The fraction of sp³-hybridized carbons (Fsp3) is 0.500. The molecule has 0 saturated carbocycles. The van der Waals surface area contributed by atoms with Crippen molar-refractivity contribution in [2.24, 2.45) is 0 Å². The van der Waals surface area contributed by atoms with E-state index in [1.165, 1.54) is 4.90 Å². The van der Waals surface area contributed by atoms with Gasteiger partial charge in [0.25, 0.3) is 0 Å². The van der Waals surface area contributed by atoms with Crippen molar-refractivity contribution in [1.29, 1.82) is 0 Å². The minimum Gasteiger partial charge on any atom is -0.339 e. The lowest BCUT2D eigenvalue weighted by molar-refractivity contribution is 0.362. The van der Waals surface area contributed by atoms with Gasteiger partial charge in [-0.05, 0) is 49.9 Å². The van der Waals surface area contributed by atoms with Gasteiger partial charge in [-0.25, -0.2) is 0 Å². The number of nitrogens with one attached hydrogen (secondary N) is 1. The van der Waals surface area contributed by atoms with Gasteiger partial charge in [-0.15, -0.1) is 11.8 Å². The Morgan fingerprint density at radius 2 is 2.00 bits per heavy atom. The number of benzene rings is 1. The first-order chi connectivity index (χ1) is 10.2. The molecule has 5 heteroatoms. The molecule has 0 aliphatic heterocycles. The summed E-state index contributed by atoms with van der Waals surface area (Å²) in [4.78, 5) is 5.75. The predicted octanol–water partition coefficient (Wildman–Crippen LogP) is 3.78. The Morgan fingerprint density at radius 3 is 2.67 bits per heavy atom. The lowest BCUT2D eigenvalue weighted by Crippen LogP contribution is -2.28. The van der Waals surface area contributed by atoms with E-state index < -0.39 is 0 Å². The van der Waals surface area contributed by atoms with Crippen molar-refractivity contribution in [3.05, 3.63) is 30.2 Å². The quantitative estimate of drug-likeness (QED) is 0.752. The molecule has 0 amide bonds. The summed E-state index contributed by atoms with van der Waals surface area (Å²) in [6, 6.07) is 8.65. The van der Waals surface area contributed by atoms with E-state index in [0.29, 0.717) is 17.8 Å². The van der Waals surface area contributed by atoms with E-state index in [-0.39, 0.29) is 0 Å². The molecule has 1 aromatic heterocycles. The molecule has 0 saturated heterocycles. The van der Waals surface area contributed by atoms with Crippen LogP contribution in [0.2, 0.25) is 0 Å². The minimum atomic E-state index is 0.349. The maximum atomic E-state index is 5.34. The van der Waals surface area contributed by atoms with Crippen molar-refractivity contribution in [2.75, 3.05) is 12.3 Å². The Morgan fingerprint density at radius 1 is 1.24 bits per heavy atom. The summed E-state index contributed by atoms with van der Waals surface area (Å²) in [5.41, 5.74) is 1.000. The zero-order valence-electron chi connectivity index (χ0n) is 12.9. The molecule has 1 unspecified atom stereocenters. The summed E-state index contributed by atoms with van der Waals surface area (Å²) in [7, 11) is 0. The topological polar surface area (TPSA) is 51.0 Å². The molecule has 114 valence electrons. The van der Waals surface area contributed by atoms with Gasteiger partial charge in [0.1, 0.15) is 0 Å². The van der Waals surface area contributed by atoms with Crippen molar-refractivity contribution in [2.45, 2.75) is 44.6 Å². The van der Waals surface area contributed by atoms with E-state index in [0.717, 1.165) is 30.7 Å². The molecule has 0 radical (unpaired) electrons. The summed E-state index contributed by atoms with van der Waals surface area (Å²) in [5.74, 6) is 2.43. The molecule has 1 heterocycles. The number of thioether (sulfide) groups is 1. The van der Waals surface area contributed by atoms with Crippen molar-refractivity contribution in [1.82, 2.24) is 15.5 Å². The van der Waals surface area contributed by atoms with E-state index in [2.05, 4.69) is 48.4 Å². The maximum absolute atomic E-state index is 5.34. The predicted molar refractivity (Wildman–Crippen MR) is 87.6 cm³/mol. The summed E-state index contributed by atoms with van der Waals surface area (Å²) in [5, 5.41) is 7.50. The maximum Gasteiger partial charge on any atom is 0.228 e. The molecule has 0 aliphatic rings. The SMILES string of the molecule is CCCNC(C)Cc1nc(-c2ccc(SCC)cc2)no1. The van der Waals surface area contributed by atoms with Crippen LogP contribution < -0.4 is 5.32 Å². The number of hydrogen-bond donors (Lipinski definition) is 1. The molecule has 0 spiro atoms. The van der Waals surface area contributed by atoms with Crippen LogP contribution in [0.15, 0.2) is 33.7 Å². The minimum absolute atomic E-state index is 0.349. The van der Waals surface area contributed by atoms with Crippen molar-refractivity contribution in [3.8, 4) is 11.4 Å². The van der Waals surface area contributed by atoms with Crippen LogP contribution in [0.5, 0.6) is 0 Å². The Balaban J connectivity index is 1.98. The second-order valence-electron chi connectivity index (χ2n) is 5.03. The highest BCUT2D eigenvalue weighted by Crippen LogP contribution is 2.22. The molecule has 0 aliphatic carbocycles. The van der Waals surface area contributed by atoms with Crippen molar-refractivity contribution < 1.29 is 4.52 Å². The fourth-order valence-electron chi connectivity index (χ4n) is 2.05. The first-order valence-electron chi connectivity index (χ1n) is 7.52. The van der Waals surface area contributed by atoms with Crippen LogP contribution in [0, 0.1) is 0 Å². The van der Waals surface area contributed by atoms with Crippen LogP contribution in [0.4, 0.5) is 0 Å². The number of aromatic nitrogens is 2. The molecule has 1 aromatic carbocycles. The van der Waals surface area contributed by atoms with Gasteiger partial charge >= 0.3 is 0 Å². The van der Waals surface area contributed by atoms with Crippen molar-refractivity contribution in [3.63, 3.8) is 0 Å². The second kappa shape index (κ2) is 8.20. The lowest BCUT2D eigenvalue weighted by atomic mass is 10.2. The molecular weight excluding hydrogens is 282 g/mol. The highest BCUT2D eigenvalue weighted by molar-refractivity contribution is 7.99. The van der Waals surface area contributed by atoms with Crippen LogP contribution in [0.3, 0.4) is 0 Å². The average Bonchev–Trinajstić information content (AvgIpc) is 2.94. The summed E-state index contributed by atoms with van der Waals surface area (Å²) < 4.78 is 5.34. The van der Waals surface area contributed by atoms with Crippen LogP contribution in [-0.2, 0) is 6.42 Å². The Hall–Kier alpha value is -1.33. The molecule has 0 fully saturated rings. The van der Waals surface area contributed by atoms with Crippen molar-refractivity contribution >= 4 is 11.8 Å². The largest absolute Gasteiger partial charge is 0.339 e. The Labute approximate surface area is 130 Å². The fourth-order valence-corrected chi connectivity index (χ4v) is 2.71. The molecule has 2 rings (SSSR count). The van der Waals surface area contributed by atoms with Gasteiger partial charge in [-0.1, -0.05) is 19.0 Å². The van der Waals surface area contributed by atoms with Crippen LogP contribution in [0.25, 0.3) is 11.4 Å². The van der Waals surface area contributed by atoms with Gasteiger partial charge in [0.2, 0.25) is 11.7 Å². The molecule has 1 atom stereocenters. The van der Waals surface area contributed by atoms with Gasteiger partial charge in [0.05, 0.1) is 0 Å². The summed E-state index contributed by atoms with van der Waals surface area (Å²) >= 11 is 1.83. The number of rotatable bonds is 8. The van der Waals surface area contributed by atoms with Gasteiger partial charge in [0.15, 0.2) is 0 Å². The average molecular weight is 305 g/mol. The Kier molecular flexibility index (Phi) is 6.26.